The number of aromatic nitrogens is 4. The molecule has 0 radical (unpaired) electrons. The summed E-state index contributed by atoms with van der Waals surface area (Å²) in [5, 5.41) is 12.8. The van der Waals surface area contributed by atoms with E-state index in [4.69, 9.17) is 15.0 Å². The topological polar surface area (TPSA) is 50.1 Å². The normalized spacial score (nSPS) is 12.7. The largest absolute Gasteiger partial charge is 0.311 e. The zero-order chi connectivity index (χ0) is 65.9. The van der Waals surface area contributed by atoms with Crippen LogP contribution in [0.2, 0.25) is 0 Å². The van der Waals surface area contributed by atoms with E-state index in [2.05, 4.69) is 375 Å². The number of para-hydroxylation sites is 2. The number of benzene rings is 14. The molecular weight excluding hydrogens is 1230 g/mol. The van der Waals surface area contributed by atoms with Crippen molar-refractivity contribution in [2.45, 2.75) is 20.8 Å². The van der Waals surface area contributed by atoms with Gasteiger partial charge in [0.25, 0.3) is 6.71 Å². The van der Waals surface area contributed by atoms with Crippen LogP contribution >= 0.6 is 0 Å². The van der Waals surface area contributed by atoms with Gasteiger partial charge in [0.15, 0.2) is 27.8 Å². The lowest BCUT2D eigenvalue weighted by Gasteiger charge is -2.45. The molecule has 2 aromatic heterocycles. The minimum absolute atomic E-state index is 0.241. The van der Waals surface area contributed by atoms with E-state index in [1.165, 1.54) is 63.2 Å². The zero-order valence-electron chi connectivity index (χ0n) is 55.1. The Kier molecular flexibility index (Phi) is 13.6. The number of hydrogen-bond acceptors (Lipinski definition) is 5. The molecule has 6 heterocycles. The SMILES string of the molecule is Cc1cc(C)cc(-c2nc3nc(n2)N2c4ccccc4B4c5ccc([Si](c6ccccc6)(c6ccccc6)c6ccccc6)cc5N(c5cccc([Si](c6ccccc6)(c6ccccc6)c6ccccc6)c5)c5cc(cc2c54)-n2c4ccccc4c4cc(ccc42)-c2cc(C)cc-3c2)c1. The van der Waals surface area contributed by atoms with Crippen LogP contribution in [0.1, 0.15) is 16.7 Å². The summed E-state index contributed by atoms with van der Waals surface area (Å²) in [6, 6.07) is 129. The second-order valence-corrected chi connectivity index (χ2v) is 34.5. The fourth-order valence-corrected chi connectivity index (χ4v) is 26.7. The standard InChI is InChI=1S/C90H65BN6Si2/c1-60-49-61(2)52-65(51-60)88-92-89-66-53-62(3)50-64(54-66)63-45-48-82-78(55-63)77-41-22-24-43-81(77)96(82)68-57-85-87-86(58-68)97(90(93-88)94-89)83-44-25-23-42-79(83)91(87)80-47-46-76(99(72-34-16-7-17-35-72,73-36-18-8-19-37-73)74-38-20-9-21-39-74)59-84(80)95(85)67-27-26-40-75(56-67)98(69-28-10-4-11-29-69,70-30-12-5-13-31-70)71-32-14-6-15-33-71/h4-59H,1-3H3. The molecule has 0 saturated carbocycles. The fraction of sp³-hybridized carbons (Fsp3) is 0.0333. The summed E-state index contributed by atoms with van der Waals surface area (Å²) < 4.78 is 2.51. The predicted octanol–water partition coefficient (Wildman–Crippen LogP) is 14.0. The molecule has 20 rings (SSSR count). The first-order valence-corrected chi connectivity index (χ1v) is 38.3. The molecule has 466 valence electrons. The van der Waals surface area contributed by atoms with Gasteiger partial charge in [-0.25, -0.2) is 4.98 Å². The van der Waals surface area contributed by atoms with Gasteiger partial charge in [-0.3, -0.25) is 4.90 Å². The highest BCUT2D eigenvalue weighted by Gasteiger charge is 2.48. The van der Waals surface area contributed by atoms with E-state index in [-0.39, 0.29) is 6.71 Å². The lowest BCUT2D eigenvalue weighted by molar-refractivity contribution is 1.02. The van der Waals surface area contributed by atoms with Gasteiger partial charge in [0.2, 0.25) is 5.95 Å². The van der Waals surface area contributed by atoms with Crippen molar-refractivity contribution in [2.24, 2.45) is 0 Å². The monoisotopic (exact) mass is 1300 g/mol. The third-order valence-corrected chi connectivity index (χ3v) is 30.6. The molecule has 0 spiro atoms. The summed E-state index contributed by atoms with van der Waals surface area (Å²) in [6.07, 6.45) is 0. The van der Waals surface area contributed by atoms with Crippen molar-refractivity contribution in [3.63, 3.8) is 0 Å². The van der Waals surface area contributed by atoms with Crippen LogP contribution in [0.3, 0.4) is 0 Å². The van der Waals surface area contributed by atoms with Crippen LogP contribution < -0.4 is 67.7 Å². The molecule has 0 atom stereocenters. The van der Waals surface area contributed by atoms with Crippen molar-refractivity contribution in [1.29, 1.82) is 0 Å². The predicted molar refractivity (Wildman–Crippen MR) is 419 cm³/mol. The maximum absolute atomic E-state index is 5.76. The highest BCUT2D eigenvalue weighted by atomic mass is 28.3. The third-order valence-electron chi connectivity index (χ3n) is 21.1. The molecule has 0 amide bonds. The summed E-state index contributed by atoms with van der Waals surface area (Å²) in [4.78, 5) is 22.0. The lowest BCUT2D eigenvalue weighted by Crippen LogP contribution is -2.75. The second-order valence-electron chi connectivity index (χ2n) is 26.9. The van der Waals surface area contributed by atoms with E-state index in [1.807, 2.05) is 0 Å². The number of nitrogens with zero attached hydrogens (tertiary/aromatic N) is 6. The second kappa shape index (κ2) is 23.1. The number of hydrogen-bond donors (Lipinski definition) is 0. The Bertz CT molecular complexity index is 5660. The van der Waals surface area contributed by atoms with Crippen molar-refractivity contribution >= 4 is 137 Å². The summed E-state index contributed by atoms with van der Waals surface area (Å²) in [5.74, 6) is 1.77. The van der Waals surface area contributed by atoms with Gasteiger partial charge in [-0.1, -0.05) is 272 Å². The van der Waals surface area contributed by atoms with Crippen LogP contribution in [-0.4, -0.2) is 42.4 Å². The average molecular weight is 1300 g/mol. The van der Waals surface area contributed by atoms with Crippen molar-refractivity contribution in [1.82, 2.24) is 19.5 Å². The van der Waals surface area contributed by atoms with Crippen LogP contribution in [0.25, 0.3) is 61.4 Å². The van der Waals surface area contributed by atoms with Gasteiger partial charge in [0.1, 0.15) is 0 Å². The average Bonchev–Trinajstić information content (AvgIpc) is 1.13. The molecular formula is C90H65BN6Si2. The van der Waals surface area contributed by atoms with Crippen LogP contribution in [-0.2, 0) is 0 Å². The molecule has 0 N–H and O–H groups in total. The van der Waals surface area contributed by atoms with Crippen LogP contribution in [0, 0.1) is 20.8 Å². The van der Waals surface area contributed by atoms with Crippen LogP contribution in [0.5, 0.6) is 0 Å². The van der Waals surface area contributed by atoms with Gasteiger partial charge in [-0.15, -0.1) is 0 Å². The Hall–Kier alpha value is -12.0. The van der Waals surface area contributed by atoms with Crippen molar-refractivity contribution in [3.8, 4) is 39.6 Å². The van der Waals surface area contributed by atoms with E-state index in [0.29, 0.717) is 17.6 Å². The minimum Gasteiger partial charge on any atom is -0.311 e. The maximum Gasteiger partial charge on any atom is 0.252 e. The molecule has 4 aliphatic heterocycles. The Morgan fingerprint density at radius 1 is 0.273 bits per heavy atom. The van der Waals surface area contributed by atoms with Gasteiger partial charge in [-0.05, 0) is 174 Å². The molecule has 9 heteroatoms. The van der Waals surface area contributed by atoms with E-state index < -0.39 is 16.1 Å². The van der Waals surface area contributed by atoms with E-state index in [9.17, 15) is 0 Å². The minimum atomic E-state index is -3.16. The van der Waals surface area contributed by atoms with Gasteiger partial charge in [-0.2, -0.15) is 9.97 Å². The Morgan fingerprint density at radius 3 is 1.30 bits per heavy atom. The number of anilines is 6. The molecule has 0 unspecified atom stereocenters. The molecule has 0 fully saturated rings. The smallest absolute Gasteiger partial charge is 0.252 e. The zero-order valence-corrected chi connectivity index (χ0v) is 57.1. The molecule has 0 saturated heterocycles. The molecule has 99 heavy (non-hydrogen) atoms. The first kappa shape index (κ1) is 58.4. The first-order valence-electron chi connectivity index (χ1n) is 34.3. The van der Waals surface area contributed by atoms with E-state index in [0.717, 1.165) is 89.6 Å². The Balaban J connectivity index is 0.980. The van der Waals surface area contributed by atoms with E-state index >= 15 is 0 Å². The van der Waals surface area contributed by atoms with E-state index in [1.54, 1.807) is 0 Å². The fourth-order valence-electron chi connectivity index (χ4n) is 17.1. The maximum atomic E-state index is 5.76. The van der Waals surface area contributed by atoms with Crippen LogP contribution in [0.4, 0.5) is 34.4 Å². The first-order chi connectivity index (χ1) is 48.8. The van der Waals surface area contributed by atoms with Gasteiger partial charge < -0.3 is 9.47 Å². The highest BCUT2D eigenvalue weighted by molar-refractivity contribution is 7.20. The summed E-state index contributed by atoms with van der Waals surface area (Å²) >= 11 is 0. The molecule has 10 bridgehead atoms. The van der Waals surface area contributed by atoms with Crippen molar-refractivity contribution < 1.29 is 0 Å². The van der Waals surface area contributed by atoms with Gasteiger partial charge >= 0.3 is 0 Å². The summed E-state index contributed by atoms with van der Waals surface area (Å²) in [5.41, 5.74) is 19.6. The molecule has 0 aliphatic carbocycles. The third kappa shape index (κ3) is 9.11. The van der Waals surface area contributed by atoms with Crippen molar-refractivity contribution in [2.75, 3.05) is 9.80 Å². The highest BCUT2D eigenvalue weighted by Crippen LogP contribution is 2.47. The summed E-state index contributed by atoms with van der Waals surface area (Å²) in [6.45, 7) is 6.25. The van der Waals surface area contributed by atoms with Gasteiger partial charge in [0.05, 0.1) is 16.7 Å². The lowest BCUT2D eigenvalue weighted by atomic mass is 9.33. The summed E-state index contributed by atoms with van der Waals surface area (Å²) in [7, 11) is -6.28. The Labute approximate surface area is 579 Å². The number of aryl methyl sites for hydroxylation is 3. The van der Waals surface area contributed by atoms with Crippen LogP contribution in [0.15, 0.2) is 340 Å². The molecule has 4 aliphatic rings. The van der Waals surface area contributed by atoms with Crippen molar-refractivity contribution in [3.05, 3.63) is 356 Å². The molecule has 6 nitrogen and oxygen atoms in total. The Morgan fingerprint density at radius 2 is 0.727 bits per heavy atom. The number of fused-ring (bicyclic) bond motifs is 6. The number of rotatable bonds is 10. The molecule has 14 aromatic carbocycles. The quantitative estimate of drug-likeness (QED) is 0.101. The molecule has 16 aromatic rings. The van der Waals surface area contributed by atoms with Gasteiger partial charge in [0, 0.05) is 50.3 Å².